The van der Waals surface area contributed by atoms with Crippen molar-refractivity contribution in [2.24, 2.45) is 0 Å². The van der Waals surface area contributed by atoms with Crippen LogP contribution in [0.2, 0.25) is 0 Å². The zero-order chi connectivity index (χ0) is 24.0. The van der Waals surface area contributed by atoms with Crippen molar-refractivity contribution >= 4 is 23.0 Å². The Morgan fingerprint density at radius 3 is 2.36 bits per heavy atom. The molecule has 0 atom stereocenters. The van der Waals surface area contributed by atoms with E-state index in [9.17, 15) is 15.0 Å². The maximum Gasteiger partial charge on any atom is 0.260 e. The van der Waals surface area contributed by atoms with Gasteiger partial charge in [0.2, 0.25) is 0 Å². The van der Waals surface area contributed by atoms with Crippen molar-refractivity contribution in [3.63, 3.8) is 0 Å². The van der Waals surface area contributed by atoms with Gasteiger partial charge in [-0.25, -0.2) is 0 Å². The lowest BCUT2D eigenvalue weighted by molar-refractivity contribution is 0.0991. The number of nitrogens with one attached hydrogen (secondary N) is 1. The highest BCUT2D eigenvalue weighted by Gasteiger charge is 2.28. The Kier molecular flexibility index (Phi) is 7.99. The summed E-state index contributed by atoms with van der Waals surface area (Å²) in [6.45, 7) is 8.88. The number of amides is 1. The normalized spacial score (nSPS) is 13.7. The second-order valence-corrected chi connectivity index (χ2v) is 8.90. The predicted molar refractivity (Wildman–Crippen MR) is 137 cm³/mol. The van der Waals surface area contributed by atoms with Crippen LogP contribution in [0.1, 0.15) is 63.7 Å². The van der Waals surface area contributed by atoms with Crippen LogP contribution < -0.4 is 10.2 Å². The van der Waals surface area contributed by atoms with Gasteiger partial charge in [-0.05, 0) is 77.6 Å². The van der Waals surface area contributed by atoms with Crippen LogP contribution in [-0.2, 0) is 0 Å². The monoisotopic (exact) mass is 446 g/mol. The number of phenolic OH excluding ortho intramolecular Hbond substituents is 2. The Morgan fingerprint density at radius 1 is 0.939 bits per heavy atom. The Balaban J connectivity index is 1.75. The molecule has 0 bridgehead atoms. The average Bonchev–Trinajstić information content (AvgIpc) is 2.87. The second-order valence-electron chi connectivity index (χ2n) is 8.90. The van der Waals surface area contributed by atoms with Crippen molar-refractivity contribution in [1.82, 2.24) is 0 Å². The number of anilines is 3. The van der Waals surface area contributed by atoms with Crippen LogP contribution in [-0.4, -0.2) is 22.7 Å². The number of hydrogen-bond donors (Lipinski definition) is 3. The van der Waals surface area contributed by atoms with E-state index >= 15 is 0 Å². The van der Waals surface area contributed by atoms with Crippen LogP contribution in [0.3, 0.4) is 0 Å². The van der Waals surface area contributed by atoms with E-state index in [0.717, 1.165) is 25.7 Å². The quantitative estimate of drug-likeness (QED) is 0.227. The molecule has 3 N–H and O–H groups in total. The minimum atomic E-state index is -0.225. The maximum absolute atomic E-state index is 13.4. The average molecular weight is 447 g/mol. The van der Waals surface area contributed by atoms with Crippen LogP contribution in [0, 0.1) is 0 Å². The number of carbonyl (C=O) groups is 1. The molecule has 0 saturated carbocycles. The summed E-state index contributed by atoms with van der Waals surface area (Å²) in [6.07, 6.45) is 10.7. The molecule has 1 aliphatic rings. The fraction of sp³-hybridized carbons (Fsp3) is 0.321. The third-order valence-electron chi connectivity index (χ3n) is 5.79. The lowest BCUT2D eigenvalue weighted by Crippen LogP contribution is -2.30. The lowest BCUT2D eigenvalue weighted by atomic mass is 10.1. The number of nitrogens with zero attached hydrogens (tertiary/aromatic N) is 1. The lowest BCUT2D eigenvalue weighted by Gasteiger charge is -2.22. The van der Waals surface area contributed by atoms with Crippen molar-refractivity contribution in [3.8, 4) is 11.5 Å². The number of aromatic hydroxyl groups is 2. The molecule has 3 rings (SSSR count). The van der Waals surface area contributed by atoms with Gasteiger partial charge in [-0.3, -0.25) is 4.79 Å². The summed E-state index contributed by atoms with van der Waals surface area (Å²) in [7, 11) is 0. The molecule has 0 fully saturated rings. The molecule has 1 aliphatic heterocycles. The van der Waals surface area contributed by atoms with E-state index in [1.54, 1.807) is 41.3 Å². The molecule has 0 aliphatic carbocycles. The molecule has 0 saturated heterocycles. The first-order valence-corrected chi connectivity index (χ1v) is 11.4. The van der Waals surface area contributed by atoms with Crippen molar-refractivity contribution in [2.75, 3.05) is 16.8 Å². The number of rotatable bonds is 8. The minimum absolute atomic E-state index is 0.0141. The number of allylic oxidation sites excluding steroid dienone is 5. The van der Waals surface area contributed by atoms with E-state index < -0.39 is 0 Å². The molecule has 0 aromatic heterocycles. The first-order valence-electron chi connectivity index (χ1n) is 11.4. The van der Waals surface area contributed by atoms with Gasteiger partial charge in [0.15, 0.2) is 0 Å². The second kappa shape index (κ2) is 10.9. The Morgan fingerprint density at radius 2 is 1.64 bits per heavy atom. The Bertz CT molecular complexity index is 1110. The van der Waals surface area contributed by atoms with E-state index in [1.165, 1.54) is 16.7 Å². The predicted octanol–water partition coefficient (Wildman–Crippen LogP) is 7.22. The van der Waals surface area contributed by atoms with E-state index in [2.05, 4.69) is 51.2 Å². The van der Waals surface area contributed by atoms with E-state index in [-0.39, 0.29) is 17.4 Å². The molecular formula is C28H34N2O3. The summed E-state index contributed by atoms with van der Waals surface area (Å²) in [4.78, 5) is 15.0. The van der Waals surface area contributed by atoms with Gasteiger partial charge in [-0.2, -0.15) is 0 Å². The van der Waals surface area contributed by atoms with Gasteiger partial charge in [0.25, 0.3) is 5.91 Å². The van der Waals surface area contributed by atoms with E-state index in [0.29, 0.717) is 29.2 Å². The van der Waals surface area contributed by atoms with Crippen molar-refractivity contribution in [2.45, 2.75) is 53.4 Å². The zero-order valence-corrected chi connectivity index (χ0v) is 20.0. The standard InChI is InChI=1S/C28H34N2O3/c1-19(2)8-5-9-20(3)10-6-11-21(4)16-17-30-25-18-22(31)14-15-24(25)29-27-23(28(30)33)12-7-13-26(27)32/h7-8,10,12-16,18,29,31-32H,5-6,9,11,17H2,1-4H3/b20-10+,21-16+. The molecule has 0 unspecified atom stereocenters. The smallest absolute Gasteiger partial charge is 0.260 e. The molecule has 2 aromatic carbocycles. The fourth-order valence-corrected chi connectivity index (χ4v) is 3.86. The molecule has 1 amide bonds. The van der Waals surface area contributed by atoms with Gasteiger partial charge in [0, 0.05) is 12.6 Å². The van der Waals surface area contributed by atoms with Gasteiger partial charge >= 0.3 is 0 Å². The summed E-state index contributed by atoms with van der Waals surface area (Å²) >= 11 is 0. The van der Waals surface area contributed by atoms with Crippen molar-refractivity contribution in [1.29, 1.82) is 0 Å². The molecule has 33 heavy (non-hydrogen) atoms. The first-order chi connectivity index (χ1) is 15.8. The molecule has 0 spiro atoms. The molecule has 5 heteroatoms. The molecule has 2 aromatic rings. The number of phenols is 2. The summed E-state index contributed by atoms with van der Waals surface area (Å²) in [6, 6.07) is 9.76. The number of fused-ring (bicyclic) bond motifs is 2. The SMILES string of the molecule is CC(C)=CCC/C(C)=C/CC/C(C)=C/CN1C(=O)c2cccc(O)c2Nc2ccc(O)cc21. The van der Waals surface area contributed by atoms with E-state index in [1.807, 2.05) is 0 Å². The summed E-state index contributed by atoms with van der Waals surface area (Å²) in [5, 5.41) is 23.5. The maximum atomic E-state index is 13.4. The first kappa shape index (κ1) is 24.2. The molecule has 174 valence electrons. The zero-order valence-electron chi connectivity index (χ0n) is 20.0. The van der Waals surface area contributed by atoms with E-state index in [4.69, 9.17) is 0 Å². The number of para-hydroxylation sites is 1. The third kappa shape index (κ3) is 6.28. The van der Waals surface area contributed by atoms with Crippen LogP contribution in [0.5, 0.6) is 11.5 Å². The van der Waals surface area contributed by atoms with Gasteiger partial charge in [0.1, 0.15) is 11.5 Å². The summed E-state index contributed by atoms with van der Waals surface area (Å²) < 4.78 is 0. The third-order valence-corrected chi connectivity index (χ3v) is 5.79. The largest absolute Gasteiger partial charge is 0.508 e. The van der Waals surface area contributed by atoms with Gasteiger partial charge < -0.3 is 20.4 Å². The van der Waals surface area contributed by atoms with Crippen LogP contribution in [0.25, 0.3) is 0 Å². The van der Waals surface area contributed by atoms with Crippen molar-refractivity contribution < 1.29 is 15.0 Å². The highest BCUT2D eigenvalue weighted by atomic mass is 16.3. The molecule has 1 heterocycles. The number of benzene rings is 2. The molecule has 5 nitrogen and oxygen atoms in total. The molecular weight excluding hydrogens is 412 g/mol. The topological polar surface area (TPSA) is 72.8 Å². The highest BCUT2D eigenvalue weighted by Crippen LogP contribution is 2.41. The number of carbonyl (C=O) groups excluding carboxylic acids is 1. The van der Waals surface area contributed by atoms with Gasteiger partial charge in [-0.15, -0.1) is 0 Å². The van der Waals surface area contributed by atoms with Gasteiger partial charge in [0.05, 0.1) is 22.6 Å². The van der Waals surface area contributed by atoms with Crippen molar-refractivity contribution in [3.05, 3.63) is 76.9 Å². The Labute approximate surface area is 196 Å². The van der Waals surface area contributed by atoms with Crippen LogP contribution >= 0.6 is 0 Å². The number of hydrogen-bond acceptors (Lipinski definition) is 4. The van der Waals surface area contributed by atoms with Crippen LogP contribution in [0.15, 0.2) is 71.3 Å². The summed E-state index contributed by atoms with van der Waals surface area (Å²) in [5.41, 5.74) is 5.96. The summed E-state index contributed by atoms with van der Waals surface area (Å²) in [5.74, 6) is -0.130. The fourth-order valence-electron chi connectivity index (χ4n) is 3.86. The van der Waals surface area contributed by atoms with Crippen LogP contribution in [0.4, 0.5) is 17.1 Å². The highest BCUT2D eigenvalue weighted by molar-refractivity contribution is 6.14. The van der Waals surface area contributed by atoms with Gasteiger partial charge in [-0.1, -0.05) is 41.0 Å². The minimum Gasteiger partial charge on any atom is -0.508 e. The Hall–Kier alpha value is -3.47. The molecule has 0 radical (unpaired) electrons.